The van der Waals surface area contributed by atoms with Crippen molar-refractivity contribution in [2.45, 2.75) is 12.8 Å². The predicted molar refractivity (Wildman–Crippen MR) is 123 cm³/mol. The van der Waals surface area contributed by atoms with E-state index in [2.05, 4.69) is 0 Å². The highest BCUT2D eigenvalue weighted by molar-refractivity contribution is 6.30. The number of esters is 1. The molecule has 7 heteroatoms. The third kappa shape index (κ3) is 5.45. The van der Waals surface area contributed by atoms with Crippen molar-refractivity contribution < 1.29 is 28.5 Å². The van der Waals surface area contributed by atoms with Gasteiger partial charge in [-0.1, -0.05) is 17.7 Å². The van der Waals surface area contributed by atoms with Crippen molar-refractivity contribution in [3.8, 4) is 28.7 Å². The van der Waals surface area contributed by atoms with Crippen molar-refractivity contribution >= 4 is 17.6 Å². The molecule has 3 aromatic rings. The van der Waals surface area contributed by atoms with Gasteiger partial charge in [0.05, 0.1) is 34.0 Å². The van der Waals surface area contributed by atoms with Gasteiger partial charge in [0.15, 0.2) is 23.0 Å². The van der Waals surface area contributed by atoms with E-state index in [9.17, 15) is 4.79 Å². The number of hydrogen-bond acceptors (Lipinski definition) is 6. The lowest BCUT2D eigenvalue weighted by Crippen LogP contribution is -2.10. The summed E-state index contributed by atoms with van der Waals surface area (Å²) in [7, 11) is 6.26. The molecule has 0 aliphatic rings. The zero-order chi connectivity index (χ0) is 23.1. The summed E-state index contributed by atoms with van der Waals surface area (Å²) in [6, 6.07) is 16.0. The zero-order valence-electron chi connectivity index (χ0n) is 18.4. The molecule has 0 saturated heterocycles. The number of rotatable bonds is 9. The molecule has 32 heavy (non-hydrogen) atoms. The Hall–Kier alpha value is -3.38. The highest BCUT2D eigenvalue weighted by Crippen LogP contribution is 2.39. The molecule has 0 unspecified atom stereocenters. The Bertz CT molecular complexity index is 1050. The minimum Gasteiger partial charge on any atom is -0.493 e. The van der Waals surface area contributed by atoms with Gasteiger partial charge in [-0.15, -0.1) is 0 Å². The van der Waals surface area contributed by atoms with Gasteiger partial charge in [-0.05, 0) is 72.5 Å². The number of ether oxygens (including phenoxy) is 5. The Balaban J connectivity index is 1.80. The molecule has 3 rings (SSSR count). The summed E-state index contributed by atoms with van der Waals surface area (Å²) in [5, 5.41) is 0.538. The van der Waals surface area contributed by atoms with Gasteiger partial charge < -0.3 is 23.7 Å². The van der Waals surface area contributed by atoms with Crippen molar-refractivity contribution in [3.05, 3.63) is 76.3 Å². The second-order valence-electron chi connectivity index (χ2n) is 6.92. The molecule has 168 valence electrons. The van der Waals surface area contributed by atoms with Crippen LogP contribution in [0.25, 0.3) is 0 Å². The summed E-state index contributed by atoms with van der Waals surface area (Å²) in [6.45, 7) is 0. The zero-order valence-corrected chi connectivity index (χ0v) is 19.2. The Morgan fingerprint density at radius 2 is 1.22 bits per heavy atom. The van der Waals surface area contributed by atoms with Crippen molar-refractivity contribution in [3.63, 3.8) is 0 Å². The standard InChI is InChI=1S/C25H25ClO6/c1-28-20-12-7-16(13-21(20)29-2)5-6-17-14-22(30-3)24(23(15-17)31-4)32-25(27)18-8-10-19(26)11-9-18/h7-15H,5-6H2,1-4H3. The molecule has 0 fully saturated rings. The van der Waals surface area contributed by atoms with Gasteiger partial charge in [0, 0.05) is 5.02 Å². The Morgan fingerprint density at radius 3 is 1.78 bits per heavy atom. The molecule has 0 aliphatic carbocycles. The average molecular weight is 457 g/mol. The van der Waals surface area contributed by atoms with Crippen LogP contribution in [0.1, 0.15) is 21.5 Å². The first-order valence-electron chi connectivity index (χ1n) is 9.92. The van der Waals surface area contributed by atoms with Gasteiger partial charge in [-0.2, -0.15) is 0 Å². The van der Waals surface area contributed by atoms with E-state index in [1.807, 2.05) is 30.3 Å². The number of carbonyl (C=O) groups is 1. The summed E-state index contributed by atoms with van der Waals surface area (Å²) < 4.78 is 27.2. The third-order valence-corrected chi connectivity index (χ3v) is 5.20. The molecule has 0 saturated carbocycles. The first-order chi connectivity index (χ1) is 15.5. The van der Waals surface area contributed by atoms with E-state index in [0.29, 0.717) is 40.0 Å². The topological polar surface area (TPSA) is 63.2 Å². The fourth-order valence-electron chi connectivity index (χ4n) is 3.24. The van der Waals surface area contributed by atoms with Crippen LogP contribution in [0.5, 0.6) is 28.7 Å². The van der Waals surface area contributed by atoms with Gasteiger partial charge in [-0.3, -0.25) is 0 Å². The number of halogens is 1. The SMILES string of the molecule is COc1ccc(CCc2cc(OC)c(OC(=O)c3ccc(Cl)cc3)c(OC)c2)cc1OC. The monoisotopic (exact) mass is 456 g/mol. The van der Waals surface area contributed by atoms with E-state index in [-0.39, 0.29) is 5.75 Å². The molecule has 0 bridgehead atoms. The fourth-order valence-corrected chi connectivity index (χ4v) is 3.37. The molecule has 0 aromatic heterocycles. The number of benzene rings is 3. The molecule has 0 atom stereocenters. The Morgan fingerprint density at radius 1 is 0.688 bits per heavy atom. The van der Waals surface area contributed by atoms with Gasteiger partial charge >= 0.3 is 5.97 Å². The van der Waals surface area contributed by atoms with E-state index in [1.54, 1.807) is 38.5 Å². The summed E-state index contributed by atoms with van der Waals surface area (Å²) >= 11 is 5.89. The largest absolute Gasteiger partial charge is 0.493 e. The molecule has 0 spiro atoms. The third-order valence-electron chi connectivity index (χ3n) is 4.95. The fraction of sp³-hybridized carbons (Fsp3) is 0.240. The highest BCUT2D eigenvalue weighted by atomic mass is 35.5. The minimum atomic E-state index is -0.531. The minimum absolute atomic E-state index is 0.227. The first kappa shape index (κ1) is 23.3. The lowest BCUT2D eigenvalue weighted by Gasteiger charge is -2.15. The number of aryl methyl sites for hydroxylation is 2. The van der Waals surface area contributed by atoms with E-state index >= 15 is 0 Å². The van der Waals surface area contributed by atoms with Crippen LogP contribution in [0.3, 0.4) is 0 Å². The maximum atomic E-state index is 12.6. The van der Waals surface area contributed by atoms with E-state index in [4.69, 9.17) is 35.3 Å². The quantitative estimate of drug-likeness (QED) is 0.318. The first-order valence-corrected chi connectivity index (χ1v) is 10.3. The Labute approximate surface area is 192 Å². The van der Waals surface area contributed by atoms with E-state index in [0.717, 1.165) is 17.5 Å². The molecule has 6 nitrogen and oxygen atoms in total. The van der Waals surface area contributed by atoms with Crippen LogP contribution in [0, 0.1) is 0 Å². The maximum absolute atomic E-state index is 12.6. The van der Waals surface area contributed by atoms with Gasteiger partial charge in [-0.25, -0.2) is 4.79 Å². The van der Waals surface area contributed by atoms with Crippen LogP contribution in [-0.4, -0.2) is 34.4 Å². The Kier molecular flexibility index (Phi) is 7.84. The number of hydrogen-bond donors (Lipinski definition) is 0. The summed E-state index contributed by atoms with van der Waals surface area (Å²) in [5.74, 6) is 1.89. The lowest BCUT2D eigenvalue weighted by atomic mass is 10.0. The van der Waals surface area contributed by atoms with Gasteiger partial charge in [0.2, 0.25) is 5.75 Å². The molecular formula is C25H25ClO6. The molecule has 0 heterocycles. The van der Waals surface area contributed by atoms with Crippen molar-refractivity contribution in [1.82, 2.24) is 0 Å². The summed E-state index contributed by atoms with van der Waals surface area (Å²) in [5.41, 5.74) is 2.44. The highest BCUT2D eigenvalue weighted by Gasteiger charge is 2.19. The van der Waals surface area contributed by atoms with Crippen LogP contribution < -0.4 is 23.7 Å². The van der Waals surface area contributed by atoms with Gasteiger partial charge in [0.1, 0.15) is 0 Å². The normalized spacial score (nSPS) is 10.4. The molecule has 0 radical (unpaired) electrons. The van der Waals surface area contributed by atoms with Gasteiger partial charge in [0.25, 0.3) is 0 Å². The molecular weight excluding hydrogens is 432 g/mol. The molecule has 0 N–H and O–H groups in total. The smallest absolute Gasteiger partial charge is 0.343 e. The second kappa shape index (κ2) is 10.8. The van der Waals surface area contributed by atoms with Crippen LogP contribution in [0.4, 0.5) is 0 Å². The van der Waals surface area contributed by atoms with Crippen LogP contribution in [-0.2, 0) is 12.8 Å². The van der Waals surface area contributed by atoms with Crippen molar-refractivity contribution in [2.24, 2.45) is 0 Å². The molecule has 0 aliphatic heterocycles. The number of carbonyl (C=O) groups excluding carboxylic acids is 1. The average Bonchev–Trinajstić information content (AvgIpc) is 2.83. The predicted octanol–water partition coefficient (Wildman–Crippen LogP) is 5.38. The van der Waals surface area contributed by atoms with E-state index in [1.165, 1.54) is 14.2 Å². The lowest BCUT2D eigenvalue weighted by molar-refractivity contribution is 0.0724. The molecule has 0 amide bonds. The van der Waals surface area contributed by atoms with Crippen LogP contribution >= 0.6 is 11.6 Å². The summed E-state index contributed by atoms with van der Waals surface area (Å²) in [6.07, 6.45) is 1.48. The van der Waals surface area contributed by atoms with Crippen molar-refractivity contribution in [2.75, 3.05) is 28.4 Å². The summed E-state index contributed by atoms with van der Waals surface area (Å²) in [4.78, 5) is 12.6. The van der Waals surface area contributed by atoms with Crippen LogP contribution in [0.2, 0.25) is 5.02 Å². The van der Waals surface area contributed by atoms with Crippen molar-refractivity contribution in [1.29, 1.82) is 0 Å². The maximum Gasteiger partial charge on any atom is 0.343 e. The molecule has 3 aromatic carbocycles. The number of methoxy groups -OCH3 is 4. The van der Waals surface area contributed by atoms with E-state index < -0.39 is 5.97 Å². The van der Waals surface area contributed by atoms with Crippen LogP contribution in [0.15, 0.2) is 54.6 Å². The second-order valence-corrected chi connectivity index (χ2v) is 7.35.